The third-order valence-electron chi connectivity index (χ3n) is 3.92. The van der Waals surface area contributed by atoms with Gasteiger partial charge in [-0.1, -0.05) is 0 Å². The fraction of sp³-hybridized carbons (Fsp3) is 0.500. The first kappa shape index (κ1) is 24.5. The molecular weight excluding hydrogens is 402 g/mol. The van der Waals surface area contributed by atoms with E-state index >= 15 is 0 Å². The molecule has 1 rings (SSSR count). The first-order valence-corrected chi connectivity index (χ1v) is 8.81. The van der Waals surface area contributed by atoms with Crippen molar-refractivity contribution in [2.75, 3.05) is 6.61 Å². The van der Waals surface area contributed by atoms with Crippen LogP contribution < -0.4 is 27.4 Å². The molecule has 14 heteroatoms. The second-order valence-corrected chi connectivity index (χ2v) is 6.43. The number of hydrogen-bond acceptors (Lipinski definition) is 8. The van der Waals surface area contributed by atoms with Crippen LogP contribution in [0.5, 0.6) is 0 Å². The Labute approximate surface area is 170 Å². The van der Waals surface area contributed by atoms with Crippen LogP contribution in [0.3, 0.4) is 0 Å². The van der Waals surface area contributed by atoms with Crippen LogP contribution in [0.25, 0.3) is 0 Å². The van der Waals surface area contributed by atoms with Gasteiger partial charge in [0.25, 0.3) is 0 Å². The van der Waals surface area contributed by atoms with E-state index < -0.39 is 66.8 Å². The molecule has 1 aromatic rings. The van der Waals surface area contributed by atoms with Crippen molar-refractivity contribution < 1.29 is 34.2 Å². The topological polar surface area (TPSA) is 243 Å². The zero-order chi connectivity index (χ0) is 22.8. The lowest BCUT2D eigenvalue weighted by atomic mass is 10.1. The van der Waals surface area contributed by atoms with Gasteiger partial charge in [0.1, 0.15) is 18.1 Å². The Morgan fingerprint density at radius 3 is 2.23 bits per heavy atom. The molecule has 4 unspecified atom stereocenters. The molecule has 0 aliphatic heterocycles. The molecule has 14 nitrogen and oxygen atoms in total. The third kappa shape index (κ3) is 7.84. The molecule has 0 bridgehead atoms. The molecule has 0 radical (unpaired) electrons. The van der Waals surface area contributed by atoms with Gasteiger partial charge in [-0.2, -0.15) is 0 Å². The number of aromatic nitrogens is 2. The maximum Gasteiger partial charge on any atom is 0.328 e. The zero-order valence-electron chi connectivity index (χ0n) is 16.1. The molecule has 0 fully saturated rings. The number of rotatable bonds is 12. The van der Waals surface area contributed by atoms with E-state index in [-0.39, 0.29) is 6.42 Å². The molecule has 1 heterocycles. The number of aromatic amines is 1. The van der Waals surface area contributed by atoms with Crippen molar-refractivity contribution >= 4 is 29.6 Å². The van der Waals surface area contributed by atoms with Crippen LogP contribution >= 0.6 is 0 Å². The van der Waals surface area contributed by atoms with E-state index in [2.05, 4.69) is 25.9 Å². The maximum atomic E-state index is 12.6. The summed E-state index contributed by atoms with van der Waals surface area (Å²) < 4.78 is 0. The fourth-order valence-electron chi connectivity index (χ4n) is 2.28. The van der Waals surface area contributed by atoms with Gasteiger partial charge < -0.3 is 42.6 Å². The molecule has 0 saturated heterocycles. The number of imidazole rings is 1. The smallest absolute Gasteiger partial charge is 0.328 e. The van der Waals surface area contributed by atoms with E-state index in [9.17, 15) is 24.0 Å². The Bertz CT molecular complexity index is 768. The number of carboxylic acid groups (broad SMARTS) is 1. The summed E-state index contributed by atoms with van der Waals surface area (Å²) in [7, 11) is 0. The van der Waals surface area contributed by atoms with Crippen molar-refractivity contribution in [1.82, 2.24) is 25.9 Å². The Balaban J connectivity index is 2.83. The predicted octanol–water partition coefficient (Wildman–Crippen LogP) is -4.29. The maximum absolute atomic E-state index is 12.6. The number of nitrogens with zero attached hydrogens (tertiary/aromatic N) is 1. The number of nitrogens with two attached hydrogens (primary N) is 2. The number of hydrogen-bond donors (Lipinski definition) is 8. The van der Waals surface area contributed by atoms with Crippen LogP contribution in [0.15, 0.2) is 12.5 Å². The quantitative estimate of drug-likeness (QED) is 0.161. The number of H-pyrrole nitrogens is 1. The summed E-state index contributed by atoms with van der Waals surface area (Å²) in [5.41, 5.74) is 11.1. The van der Waals surface area contributed by atoms with Crippen LogP contribution in [-0.4, -0.2) is 80.6 Å². The molecule has 4 amide bonds. The molecule has 4 atom stereocenters. The van der Waals surface area contributed by atoms with E-state index in [0.29, 0.717) is 5.69 Å². The minimum atomic E-state index is -1.54. The third-order valence-corrected chi connectivity index (χ3v) is 3.92. The number of carboxylic acids is 1. The molecule has 0 aromatic carbocycles. The summed E-state index contributed by atoms with van der Waals surface area (Å²) in [5, 5.41) is 24.6. The molecule has 0 aliphatic carbocycles. The minimum absolute atomic E-state index is 0.0381. The summed E-state index contributed by atoms with van der Waals surface area (Å²) >= 11 is 0. The monoisotopic (exact) mass is 427 g/mol. The van der Waals surface area contributed by atoms with Crippen molar-refractivity contribution in [3.05, 3.63) is 18.2 Å². The standard InChI is InChI=1S/C16H25N7O7/c1-7(13(26)23-11(5-24)16(29)30)21-15(28)10(2-8-4-19-6-20-8)22-14(27)9(17)3-12(18)25/h4,6-7,9-11,24H,2-3,5,17H2,1H3,(H2,18,25)(H,19,20)(H,21,28)(H,22,27)(H,23,26)(H,29,30). The van der Waals surface area contributed by atoms with E-state index in [0.717, 1.165) is 0 Å². The van der Waals surface area contributed by atoms with Crippen LogP contribution in [-0.2, 0) is 30.4 Å². The van der Waals surface area contributed by atoms with Crippen molar-refractivity contribution in [2.45, 2.75) is 43.9 Å². The first-order valence-electron chi connectivity index (χ1n) is 8.81. The molecule has 166 valence electrons. The fourth-order valence-corrected chi connectivity index (χ4v) is 2.28. The number of carbonyl (C=O) groups excluding carboxylic acids is 4. The number of nitrogens with one attached hydrogen (secondary N) is 4. The summed E-state index contributed by atoms with van der Waals surface area (Å²) in [6.07, 6.45) is 2.32. The second kappa shape index (κ2) is 11.5. The highest BCUT2D eigenvalue weighted by molar-refractivity contribution is 5.94. The molecule has 30 heavy (non-hydrogen) atoms. The average molecular weight is 427 g/mol. The summed E-state index contributed by atoms with van der Waals surface area (Å²) in [4.78, 5) is 65.3. The van der Waals surface area contributed by atoms with Crippen molar-refractivity contribution in [2.24, 2.45) is 11.5 Å². The first-order chi connectivity index (χ1) is 14.0. The summed E-state index contributed by atoms with van der Waals surface area (Å²) in [5.74, 6) is -4.69. The van der Waals surface area contributed by atoms with Crippen molar-refractivity contribution in [1.29, 1.82) is 0 Å². The summed E-state index contributed by atoms with van der Waals surface area (Å²) in [6.45, 7) is 0.454. The average Bonchev–Trinajstić information content (AvgIpc) is 3.17. The molecular formula is C16H25N7O7. The van der Waals surface area contributed by atoms with E-state index in [1.54, 1.807) is 0 Å². The normalized spacial score (nSPS) is 14.6. The van der Waals surface area contributed by atoms with Crippen molar-refractivity contribution in [3.8, 4) is 0 Å². The van der Waals surface area contributed by atoms with Gasteiger partial charge in [0.2, 0.25) is 23.6 Å². The van der Waals surface area contributed by atoms with Gasteiger partial charge in [-0.15, -0.1) is 0 Å². The number of primary amides is 1. The molecule has 0 spiro atoms. The van der Waals surface area contributed by atoms with Crippen LogP contribution in [0.1, 0.15) is 19.0 Å². The van der Waals surface area contributed by atoms with E-state index in [1.165, 1.54) is 19.4 Å². The highest BCUT2D eigenvalue weighted by Crippen LogP contribution is 2.01. The van der Waals surface area contributed by atoms with Gasteiger partial charge >= 0.3 is 5.97 Å². The summed E-state index contributed by atoms with van der Waals surface area (Å²) in [6, 6.07) is -5.20. The SMILES string of the molecule is CC(NC(=O)C(Cc1cnc[nH]1)NC(=O)C(N)CC(N)=O)C(=O)NC(CO)C(=O)O. The number of amides is 4. The molecule has 0 aliphatic rings. The van der Waals surface area contributed by atoms with Crippen LogP contribution in [0.2, 0.25) is 0 Å². The van der Waals surface area contributed by atoms with Gasteiger partial charge in [0.05, 0.1) is 25.4 Å². The number of aliphatic hydroxyl groups is 1. The highest BCUT2D eigenvalue weighted by atomic mass is 16.4. The lowest BCUT2D eigenvalue weighted by Crippen LogP contribution is -2.57. The Morgan fingerprint density at radius 1 is 1.10 bits per heavy atom. The minimum Gasteiger partial charge on any atom is -0.480 e. The largest absolute Gasteiger partial charge is 0.480 e. The van der Waals surface area contributed by atoms with E-state index in [1.807, 2.05) is 0 Å². The number of aliphatic carboxylic acids is 1. The van der Waals surface area contributed by atoms with Gasteiger partial charge in [-0.3, -0.25) is 19.2 Å². The van der Waals surface area contributed by atoms with Crippen LogP contribution in [0, 0.1) is 0 Å². The Morgan fingerprint density at radius 2 is 1.73 bits per heavy atom. The zero-order valence-corrected chi connectivity index (χ0v) is 16.1. The second-order valence-electron chi connectivity index (χ2n) is 6.43. The van der Waals surface area contributed by atoms with Gasteiger partial charge in [0.15, 0.2) is 0 Å². The van der Waals surface area contributed by atoms with Gasteiger partial charge in [-0.25, -0.2) is 9.78 Å². The lowest BCUT2D eigenvalue weighted by Gasteiger charge is -2.23. The van der Waals surface area contributed by atoms with Gasteiger partial charge in [-0.05, 0) is 6.92 Å². The van der Waals surface area contributed by atoms with Crippen molar-refractivity contribution in [3.63, 3.8) is 0 Å². The molecule has 0 saturated carbocycles. The number of carbonyl (C=O) groups is 5. The van der Waals surface area contributed by atoms with E-state index in [4.69, 9.17) is 21.7 Å². The van der Waals surface area contributed by atoms with Gasteiger partial charge in [0, 0.05) is 18.3 Å². The lowest BCUT2D eigenvalue weighted by molar-refractivity contribution is -0.143. The Kier molecular flexibility index (Phi) is 9.38. The molecule has 1 aromatic heterocycles. The Hall–Kier alpha value is -3.52. The highest BCUT2D eigenvalue weighted by Gasteiger charge is 2.29. The molecule has 10 N–H and O–H groups in total. The van der Waals surface area contributed by atoms with Crippen LogP contribution in [0.4, 0.5) is 0 Å². The number of aliphatic hydroxyl groups excluding tert-OH is 1. The predicted molar refractivity (Wildman–Crippen MR) is 100 cm³/mol.